The third-order valence-corrected chi connectivity index (χ3v) is 3.90. The summed E-state index contributed by atoms with van der Waals surface area (Å²) in [6.45, 7) is 7.65. The number of carbonyl (C=O) groups excluding carboxylic acids is 1. The molecule has 4 nitrogen and oxygen atoms in total. The molecule has 0 bridgehead atoms. The number of hydrogen-bond donors (Lipinski definition) is 1. The Morgan fingerprint density at radius 1 is 1.63 bits per heavy atom. The Morgan fingerprint density at radius 3 is 3.00 bits per heavy atom. The van der Waals surface area contributed by atoms with Crippen LogP contribution in [0.1, 0.15) is 44.1 Å². The smallest absolute Gasteiger partial charge is 0.268 e. The van der Waals surface area contributed by atoms with E-state index in [1.54, 1.807) is 0 Å². The zero-order valence-corrected chi connectivity index (χ0v) is 13.3. The number of ether oxygens (including phenoxy) is 1. The zero-order valence-electron chi connectivity index (χ0n) is 11.7. The van der Waals surface area contributed by atoms with Crippen molar-refractivity contribution < 1.29 is 9.53 Å². The minimum absolute atomic E-state index is 0.00440. The van der Waals surface area contributed by atoms with E-state index in [9.17, 15) is 4.79 Å². The van der Waals surface area contributed by atoms with E-state index in [4.69, 9.17) is 4.74 Å². The van der Waals surface area contributed by atoms with Crippen molar-refractivity contribution in [1.82, 2.24) is 9.88 Å². The molecule has 1 saturated heterocycles. The summed E-state index contributed by atoms with van der Waals surface area (Å²) in [7, 11) is 0. The van der Waals surface area contributed by atoms with Crippen molar-refractivity contribution in [1.29, 1.82) is 0 Å². The van der Waals surface area contributed by atoms with Gasteiger partial charge in [-0.2, -0.15) is 0 Å². The van der Waals surface area contributed by atoms with Crippen LogP contribution in [0.5, 0.6) is 0 Å². The summed E-state index contributed by atoms with van der Waals surface area (Å²) in [6.07, 6.45) is 3.67. The molecule has 1 aromatic rings. The summed E-state index contributed by atoms with van der Waals surface area (Å²) in [5.41, 5.74) is 0.558. The Morgan fingerprint density at radius 2 is 2.37 bits per heavy atom. The predicted molar refractivity (Wildman–Crippen MR) is 78.3 cm³/mol. The third-order valence-electron chi connectivity index (χ3n) is 3.47. The van der Waals surface area contributed by atoms with Gasteiger partial charge in [-0.05, 0) is 55.6 Å². The zero-order chi connectivity index (χ0) is 14.0. The van der Waals surface area contributed by atoms with Crippen LogP contribution < -0.4 is 5.32 Å². The number of rotatable bonds is 3. The first-order valence-corrected chi connectivity index (χ1v) is 7.51. The second kappa shape index (κ2) is 5.67. The van der Waals surface area contributed by atoms with Crippen LogP contribution in [0.25, 0.3) is 0 Å². The average molecular weight is 329 g/mol. The molecular weight excluding hydrogens is 308 g/mol. The van der Waals surface area contributed by atoms with E-state index in [2.05, 4.69) is 35.1 Å². The molecule has 0 aromatic carbocycles. The van der Waals surface area contributed by atoms with Gasteiger partial charge >= 0.3 is 0 Å². The van der Waals surface area contributed by atoms with Crippen LogP contribution >= 0.6 is 15.9 Å². The molecule has 1 atom stereocenters. The fourth-order valence-electron chi connectivity index (χ4n) is 2.54. The summed E-state index contributed by atoms with van der Waals surface area (Å²) in [5.74, 6) is -0.00440. The van der Waals surface area contributed by atoms with Gasteiger partial charge in [-0.15, -0.1) is 0 Å². The molecule has 0 saturated carbocycles. The molecule has 2 heterocycles. The molecule has 19 heavy (non-hydrogen) atoms. The van der Waals surface area contributed by atoms with Crippen molar-refractivity contribution in [2.45, 2.75) is 51.8 Å². The molecule has 1 aromatic heterocycles. The maximum absolute atomic E-state index is 12.3. The highest BCUT2D eigenvalue weighted by Gasteiger charge is 2.30. The lowest BCUT2D eigenvalue weighted by atomic mass is 9.94. The molecular formula is C14H21BrN2O2. The summed E-state index contributed by atoms with van der Waals surface area (Å²) in [5, 5.41) is 3.12. The lowest BCUT2D eigenvalue weighted by molar-refractivity contribution is -0.0615. The predicted octanol–water partition coefficient (Wildman–Crippen LogP) is 2.96. The number of aromatic nitrogens is 1. The van der Waals surface area contributed by atoms with Gasteiger partial charge in [0.2, 0.25) is 0 Å². The summed E-state index contributed by atoms with van der Waals surface area (Å²) >= 11 is 3.41. The number of nitrogens with zero attached hydrogens (tertiary/aromatic N) is 1. The fraction of sp³-hybridized carbons (Fsp3) is 0.643. The van der Waals surface area contributed by atoms with Crippen molar-refractivity contribution in [2.75, 3.05) is 6.61 Å². The number of aryl methyl sites for hydroxylation is 1. The Hall–Kier alpha value is -0.810. The van der Waals surface area contributed by atoms with Gasteiger partial charge < -0.3 is 14.6 Å². The molecule has 1 unspecified atom stereocenters. The van der Waals surface area contributed by atoms with E-state index >= 15 is 0 Å². The Labute approximate surface area is 122 Å². The first-order valence-electron chi connectivity index (χ1n) is 6.72. The van der Waals surface area contributed by atoms with Crippen LogP contribution in [0.3, 0.4) is 0 Å². The number of carbonyl (C=O) groups is 1. The monoisotopic (exact) mass is 328 g/mol. The molecule has 2 rings (SSSR count). The second-order valence-corrected chi connectivity index (χ2v) is 6.52. The van der Waals surface area contributed by atoms with Crippen molar-refractivity contribution in [2.24, 2.45) is 0 Å². The highest BCUT2D eigenvalue weighted by atomic mass is 79.9. The van der Waals surface area contributed by atoms with Crippen molar-refractivity contribution in [3.63, 3.8) is 0 Å². The van der Waals surface area contributed by atoms with Gasteiger partial charge in [0.05, 0.1) is 5.60 Å². The van der Waals surface area contributed by atoms with Crippen molar-refractivity contribution >= 4 is 21.8 Å². The number of amides is 1. The Kier molecular flexibility index (Phi) is 4.36. The quantitative estimate of drug-likeness (QED) is 0.926. The Balaban J connectivity index is 2.04. The first kappa shape index (κ1) is 14.6. The van der Waals surface area contributed by atoms with E-state index in [1.807, 2.05) is 23.8 Å². The molecule has 1 N–H and O–H groups in total. The molecule has 1 fully saturated rings. The van der Waals surface area contributed by atoms with E-state index in [1.165, 1.54) is 0 Å². The van der Waals surface area contributed by atoms with Gasteiger partial charge in [0.25, 0.3) is 5.91 Å². The van der Waals surface area contributed by atoms with Crippen molar-refractivity contribution in [3.8, 4) is 0 Å². The van der Waals surface area contributed by atoms with Gasteiger partial charge in [-0.25, -0.2) is 0 Å². The van der Waals surface area contributed by atoms with E-state index in [0.29, 0.717) is 12.3 Å². The molecule has 0 aliphatic carbocycles. The van der Waals surface area contributed by atoms with Gasteiger partial charge in [0, 0.05) is 29.9 Å². The minimum atomic E-state index is -0.149. The molecule has 1 aliphatic rings. The second-order valence-electron chi connectivity index (χ2n) is 5.60. The first-order chi connectivity index (χ1) is 8.91. The van der Waals surface area contributed by atoms with E-state index in [0.717, 1.165) is 23.9 Å². The molecule has 0 spiro atoms. The Bertz CT molecular complexity index is 468. The van der Waals surface area contributed by atoms with Crippen LogP contribution in [0.4, 0.5) is 0 Å². The standard InChI is InChI=1S/C14H21BrN2O2/c1-4-17-9-10(15)7-12(17)13(18)16-11-5-6-19-14(2,3)8-11/h7,9,11H,4-6,8H2,1-3H3,(H,16,18). The minimum Gasteiger partial charge on any atom is -0.375 e. The lowest BCUT2D eigenvalue weighted by Crippen LogP contribution is -2.46. The highest BCUT2D eigenvalue weighted by molar-refractivity contribution is 9.10. The number of halogens is 1. The van der Waals surface area contributed by atoms with Crippen LogP contribution in [-0.4, -0.2) is 28.7 Å². The van der Waals surface area contributed by atoms with Gasteiger partial charge in [-0.3, -0.25) is 4.79 Å². The molecule has 106 valence electrons. The van der Waals surface area contributed by atoms with E-state index < -0.39 is 0 Å². The van der Waals surface area contributed by atoms with Crippen LogP contribution in [-0.2, 0) is 11.3 Å². The topological polar surface area (TPSA) is 43.3 Å². The maximum Gasteiger partial charge on any atom is 0.268 e. The number of hydrogen-bond acceptors (Lipinski definition) is 2. The van der Waals surface area contributed by atoms with Crippen LogP contribution in [0.15, 0.2) is 16.7 Å². The highest BCUT2D eigenvalue weighted by Crippen LogP contribution is 2.24. The number of nitrogens with one attached hydrogen (secondary N) is 1. The summed E-state index contributed by atoms with van der Waals surface area (Å²) < 4.78 is 8.55. The lowest BCUT2D eigenvalue weighted by Gasteiger charge is -2.35. The average Bonchev–Trinajstić information content (AvgIpc) is 2.69. The molecule has 5 heteroatoms. The van der Waals surface area contributed by atoms with Gasteiger partial charge in [0.15, 0.2) is 0 Å². The molecule has 1 aliphatic heterocycles. The van der Waals surface area contributed by atoms with E-state index in [-0.39, 0.29) is 17.6 Å². The van der Waals surface area contributed by atoms with Gasteiger partial charge in [0.1, 0.15) is 5.69 Å². The third kappa shape index (κ3) is 3.60. The SMILES string of the molecule is CCn1cc(Br)cc1C(=O)NC1CCOC(C)(C)C1. The fourth-order valence-corrected chi connectivity index (χ4v) is 3.01. The maximum atomic E-state index is 12.3. The van der Waals surface area contributed by atoms with Crippen LogP contribution in [0.2, 0.25) is 0 Å². The largest absolute Gasteiger partial charge is 0.375 e. The normalized spacial score (nSPS) is 22.2. The summed E-state index contributed by atoms with van der Waals surface area (Å²) in [6, 6.07) is 2.05. The molecule has 0 radical (unpaired) electrons. The summed E-state index contributed by atoms with van der Waals surface area (Å²) in [4.78, 5) is 12.3. The molecule has 1 amide bonds. The van der Waals surface area contributed by atoms with Crippen molar-refractivity contribution in [3.05, 3.63) is 22.4 Å². The van der Waals surface area contributed by atoms with Crippen LogP contribution in [0, 0.1) is 0 Å². The van der Waals surface area contributed by atoms with Gasteiger partial charge in [-0.1, -0.05) is 0 Å².